The average molecular weight is 1220 g/mol. The van der Waals surface area contributed by atoms with E-state index >= 15 is 0 Å². The Labute approximate surface area is 521 Å². The lowest BCUT2D eigenvalue weighted by atomic mass is 9.72. The average Bonchev–Trinajstić information content (AvgIpc) is 1.91. The number of para-hydroxylation sites is 6. The van der Waals surface area contributed by atoms with E-state index in [-0.39, 0.29) is 36.6 Å². The summed E-state index contributed by atoms with van der Waals surface area (Å²) in [4.78, 5) is 13.7. The summed E-state index contributed by atoms with van der Waals surface area (Å²) in [5, 5.41) is 7.50. The standard InChI is InChI=1S/C40H26N4.C18H28B2O4.C17H11BrN2/c1-5-16-37-33(12-1)34-13-2-6-17-38(34)43(37)31-21-29(23-41-25-31)27-10-9-11-28(20-27)30-22-32(26-42-24-30)44-39-18-7-3-14-35(39)36-15-4-8-19-40(36)44;1-15(2)16(3,4)22-19(21-15)13-10-9-11-14(12-13)20-23-17(5,6)18(7,8)24-20;18-12-9-13(11-19-10-12)20-16-7-3-1-5-14(16)15-6-2-4-8-17(15)20/h1-26H;9-12H,1-8H3;1-11H. The molecule has 6 aromatic heterocycles. The molecule has 2 fully saturated rings. The van der Waals surface area contributed by atoms with Gasteiger partial charge >= 0.3 is 14.2 Å². The van der Waals surface area contributed by atoms with Gasteiger partial charge in [0, 0.05) is 66.5 Å². The fraction of sp³-hybridized carbons (Fsp3) is 0.160. The van der Waals surface area contributed by atoms with Gasteiger partial charge < -0.3 is 32.3 Å². The molecule has 0 saturated carbocycles. The van der Waals surface area contributed by atoms with Gasteiger partial charge in [-0.3, -0.25) is 15.0 Å². The molecule has 16 rings (SSSR count). The summed E-state index contributed by atoms with van der Waals surface area (Å²) in [6.45, 7) is 16.5. The minimum Gasteiger partial charge on any atom is -0.399 e. The van der Waals surface area contributed by atoms with Crippen LogP contribution in [0, 0.1) is 0 Å². The molecule has 88 heavy (non-hydrogen) atoms. The topological polar surface area (TPSA) is 90.4 Å². The van der Waals surface area contributed by atoms with Crippen LogP contribution in [0.4, 0.5) is 0 Å². The monoisotopic (exact) mass is 1210 g/mol. The maximum atomic E-state index is 6.15. The summed E-state index contributed by atoms with van der Waals surface area (Å²) >= 11 is 3.50. The second-order valence-corrected chi connectivity index (χ2v) is 25.7. The Kier molecular flexibility index (Phi) is 14.4. The normalized spacial score (nSPS) is 15.7. The van der Waals surface area contributed by atoms with Gasteiger partial charge in [0.25, 0.3) is 0 Å². The molecule has 8 aromatic carbocycles. The van der Waals surface area contributed by atoms with Gasteiger partial charge in [-0.25, -0.2) is 0 Å². The molecule has 0 amide bonds. The van der Waals surface area contributed by atoms with E-state index in [1.165, 1.54) is 65.4 Å². The summed E-state index contributed by atoms with van der Waals surface area (Å²) < 4.78 is 32.4. The largest absolute Gasteiger partial charge is 0.494 e. The van der Waals surface area contributed by atoms with Crippen molar-refractivity contribution >= 4 is 107 Å². The highest BCUT2D eigenvalue weighted by Gasteiger charge is 2.54. The number of hydrogen-bond donors (Lipinski definition) is 0. The molecule has 0 radical (unpaired) electrons. The first-order valence-corrected chi connectivity index (χ1v) is 30.7. The Hall–Kier alpha value is -8.94. The van der Waals surface area contributed by atoms with Gasteiger partial charge in [-0.1, -0.05) is 152 Å². The zero-order chi connectivity index (χ0) is 60.5. The maximum absolute atomic E-state index is 6.15. The summed E-state index contributed by atoms with van der Waals surface area (Å²) in [7, 11) is -0.755. The highest BCUT2D eigenvalue weighted by atomic mass is 79.9. The molecular formula is C75H65B2BrN6O4. The second kappa shape index (κ2) is 22.3. The van der Waals surface area contributed by atoms with Crippen LogP contribution in [0.1, 0.15) is 55.4 Å². The lowest BCUT2D eigenvalue weighted by Crippen LogP contribution is -2.41. The third-order valence-electron chi connectivity index (χ3n) is 18.1. The van der Waals surface area contributed by atoms with Crippen molar-refractivity contribution in [3.05, 3.63) is 254 Å². The molecule has 8 heterocycles. The summed E-state index contributed by atoms with van der Waals surface area (Å²) in [5.74, 6) is 0. The van der Waals surface area contributed by atoms with Crippen LogP contribution in [-0.4, -0.2) is 65.3 Å². The van der Waals surface area contributed by atoms with E-state index in [1.54, 1.807) is 6.20 Å². The molecule has 0 unspecified atom stereocenters. The second-order valence-electron chi connectivity index (χ2n) is 24.8. The molecule has 13 heteroatoms. The molecule has 2 aliphatic rings. The van der Waals surface area contributed by atoms with Gasteiger partial charge in [0.05, 0.1) is 91.2 Å². The van der Waals surface area contributed by atoms with Crippen LogP contribution in [-0.2, 0) is 18.6 Å². The predicted octanol–water partition coefficient (Wildman–Crippen LogP) is 17.2. The quantitative estimate of drug-likeness (QED) is 0.147. The van der Waals surface area contributed by atoms with Crippen molar-refractivity contribution in [3.63, 3.8) is 0 Å². The molecular weight excluding hydrogens is 1150 g/mol. The summed E-state index contributed by atoms with van der Waals surface area (Å²) in [5.41, 5.74) is 15.2. The fourth-order valence-electron chi connectivity index (χ4n) is 12.2. The first-order valence-electron chi connectivity index (χ1n) is 29.9. The predicted molar refractivity (Wildman–Crippen MR) is 366 cm³/mol. The van der Waals surface area contributed by atoms with Gasteiger partial charge in [-0.05, 0) is 154 Å². The lowest BCUT2D eigenvalue weighted by Gasteiger charge is -2.32. The number of hydrogen-bond acceptors (Lipinski definition) is 7. The molecule has 0 N–H and O–H groups in total. The number of benzene rings is 8. The molecule has 14 aromatic rings. The van der Waals surface area contributed by atoms with E-state index in [2.05, 4.69) is 284 Å². The van der Waals surface area contributed by atoms with Crippen LogP contribution < -0.4 is 10.9 Å². The number of aromatic nitrogens is 6. The molecule has 2 saturated heterocycles. The van der Waals surface area contributed by atoms with E-state index in [0.717, 1.165) is 54.7 Å². The van der Waals surface area contributed by atoms with Gasteiger partial charge in [-0.2, -0.15) is 0 Å². The smallest absolute Gasteiger partial charge is 0.399 e. The van der Waals surface area contributed by atoms with E-state index in [9.17, 15) is 0 Å². The minimum atomic E-state index is -0.377. The number of pyridine rings is 3. The highest BCUT2D eigenvalue weighted by molar-refractivity contribution is 9.10. The molecule has 0 bridgehead atoms. The Morgan fingerprint density at radius 3 is 0.898 bits per heavy atom. The Morgan fingerprint density at radius 1 is 0.295 bits per heavy atom. The van der Waals surface area contributed by atoms with Crippen LogP contribution in [0.2, 0.25) is 0 Å². The van der Waals surface area contributed by atoms with Crippen molar-refractivity contribution in [1.29, 1.82) is 0 Å². The lowest BCUT2D eigenvalue weighted by molar-refractivity contribution is 0.00578. The van der Waals surface area contributed by atoms with Gasteiger partial charge in [-0.15, -0.1) is 0 Å². The van der Waals surface area contributed by atoms with Crippen molar-refractivity contribution in [3.8, 4) is 39.3 Å². The van der Waals surface area contributed by atoms with Crippen molar-refractivity contribution in [2.24, 2.45) is 0 Å². The number of nitrogens with zero attached hydrogens (tertiary/aromatic N) is 6. The molecule has 10 nitrogen and oxygen atoms in total. The van der Waals surface area contributed by atoms with Crippen molar-refractivity contribution in [1.82, 2.24) is 28.7 Å². The summed E-state index contributed by atoms with van der Waals surface area (Å²) in [6.07, 6.45) is 11.5. The molecule has 432 valence electrons. The number of halogens is 1. The fourth-order valence-corrected chi connectivity index (χ4v) is 12.6. The zero-order valence-electron chi connectivity index (χ0n) is 50.5. The summed E-state index contributed by atoms with van der Waals surface area (Å²) in [6, 6.07) is 74.5. The third kappa shape index (κ3) is 10.2. The van der Waals surface area contributed by atoms with Crippen molar-refractivity contribution < 1.29 is 18.6 Å². The molecule has 0 spiro atoms. The zero-order valence-corrected chi connectivity index (χ0v) is 52.1. The minimum absolute atomic E-state index is 0.349. The molecule has 0 atom stereocenters. The SMILES string of the molecule is Brc1cncc(-n2c3ccccc3c3ccccc32)c1.CC1(C)OB(c2cccc(B3OC(C)(C)C(C)(C)O3)c2)OC1(C)C.c1cc(-c2cncc(-n3c4ccccc4c4ccccc43)c2)cc(-c2cncc(-n3c4ccccc4c4ccccc43)c2)c1. The third-order valence-corrected chi connectivity index (χ3v) is 18.6. The van der Waals surface area contributed by atoms with Gasteiger partial charge in [0.2, 0.25) is 0 Å². The van der Waals surface area contributed by atoms with Crippen LogP contribution in [0.3, 0.4) is 0 Å². The van der Waals surface area contributed by atoms with Crippen molar-refractivity contribution in [2.45, 2.75) is 77.8 Å². The van der Waals surface area contributed by atoms with E-state index in [1.807, 2.05) is 49.2 Å². The number of fused-ring (bicyclic) bond motifs is 9. The molecule has 2 aliphatic heterocycles. The molecule has 0 aliphatic carbocycles. The maximum Gasteiger partial charge on any atom is 0.494 e. The van der Waals surface area contributed by atoms with Crippen LogP contribution >= 0.6 is 15.9 Å². The van der Waals surface area contributed by atoms with Crippen LogP contribution in [0.25, 0.3) is 105 Å². The van der Waals surface area contributed by atoms with Crippen molar-refractivity contribution in [2.75, 3.05) is 0 Å². The first-order chi connectivity index (χ1) is 42.5. The van der Waals surface area contributed by atoms with E-state index in [4.69, 9.17) is 28.6 Å². The first kappa shape index (κ1) is 56.8. The van der Waals surface area contributed by atoms with Crippen LogP contribution in [0.5, 0.6) is 0 Å². The van der Waals surface area contributed by atoms with Gasteiger partial charge in [0.1, 0.15) is 0 Å². The highest BCUT2D eigenvalue weighted by Crippen LogP contribution is 2.40. The van der Waals surface area contributed by atoms with E-state index < -0.39 is 0 Å². The van der Waals surface area contributed by atoms with E-state index in [0.29, 0.717) is 0 Å². The Morgan fingerprint density at radius 2 is 0.580 bits per heavy atom. The van der Waals surface area contributed by atoms with Crippen LogP contribution in [0.15, 0.2) is 254 Å². The van der Waals surface area contributed by atoms with Gasteiger partial charge in [0.15, 0.2) is 0 Å². The Balaban J connectivity index is 0.000000130. The Bertz CT molecular complexity index is 4550. The number of rotatable bonds is 7.